The number of halogens is 2. The van der Waals surface area contributed by atoms with E-state index in [4.69, 9.17) is 28.9 Å². The van der Waals surface area contributed by atoms with Gasteiger partial charge >= 0.3 is 0 Å². The van der Waals surface area contributed by atoms with Crippen molar-refractivity contribution < 1.29 is 4.79 Å². The molecule has 1 atom stereocenters. The lowest BCUT2D eigenvalue weighted by atomic mass is 9.85. The van der Waals surface area contributed by atoms with Crippen molar-refractivity contribution in [3.8, 4) is 0 Å². The molecule has 0 aromatic heterocycles. The van der Waals surface area contributed by atoms with Gasteiger partial charge in [-0.2, -0.15) is 0 Å². The highest BCUT2D eigenvalue weighted by molar-refractivity contribution is 6.42. The summed E-state index contributed by atoms with van der Waals surface area (Å²) in [6.45, 7) is 0. The van der Waals surface area contributed by atoms with E-state index in [1.807, 2.05) is 12.1 Å². The Labute approximate surface area is 104 Å². The third-order valence-corrected chi connectivity index (χ3v) is 3.53. The summed E-state index contributed by atoms with van der Waals surface area (Å²) in [6.07, 6.45) is 2.60. The Morgan fingerprint density at radius 1 is 1.25 bits per heavy atom. The van der Waals surface area contributed by atoms with E-state index >= 15 is 0 Å². The second kappa shape index (κ2) is 4.48. The van der Waals surface area contributed by atoms with E-state index in [1.54, 1.807) is 6.07 Å². The van der Waals surface area contributed by atoms with Crippen LogP contribution in [0.1, 0.15) is 24.3 Å². The molecule has 4 heteroatoms. The Bertz CT molecular complexity index is 468. The summed E-state index contributed by atoms with van der Waals surface area (Å²) in [4.78, 5) is 11.4. The smallest absolute Gasteiger partial charge is 0.158 e. The molecule has 0 aliphatic heterocycles. The third kappa shape index (κ3) is 2.23. The van der Waals surface area contributed by atoms with Gasteiger partial charge in [-0.05, 0) is 30.0 Å². The van der Waals surface area contributed by atoms with Crippen LogP contribution in [0, 0.1) is 0 Å². The van der Waals surface area contributed by atoms with Crippen LogP contribution in [0.5, 0.6) is 0 Å². The molecule has 0 heterocycles. The van der Waals surface area contributed by atoms with Crippen LogP contribution in [0.2, 0.25) is 10.0 Å². The Kier molecular flexibility index (Phi) is 3.22. The highest BCUT2D eigenvalue weighted by Gasteiger charge is 2.23. The molecule has 16 heavy (non-hydrogen) atoms. The molecule has 1 aromatic rings. The van der Waals surface area contributed by atoms with Gasteiger partial charge in [0.15, 0.2) is 5.78 Å². The molecule has 2 rings (SSSR count). The molecule has 0 amide bonds. The molecular weight excluding hydrogens is 245 g/mol. The number of carbonyl (C=O) groups is 1. The van der Waals surface area contributed by atoms with Gasteiger partial charge in [0.2, 0.25) is 0 Å². The number of ketones is 1. The van der Waals surface area contributed by atoms with Crippen LogP contribution in [-0.4, -0.2) is 5.78 Å². The SMILES string of the molecule is NC1=CC(=O)CC(c2cccc(Cl)c2Cl)C1. The molecule has 0 saturated heterocycles. The van der Waals surface area contributed by atoms with Crippen molar-refractivity contribution in [3.05, 3.63) is 45.6 Å². The Morgan fingerprint density at radius 2 is 2.00 bits per heavy atom. The minimum Gasteiger partial charge on any atom is -0.402 e. The molecule has 0 fully saturated rings. The normalized spacial score (nSPS) is 20.8. The molecule has 1 aliphatic rings. The Morgan fingerprint density at radius 3 is 2.69 bits per heavy atom. The molecule has 1 aliphatic carbocycles. The number of hydrogen-bond acceptors (Lipinski definition) is 2. The summed E-state index contributed by atoms with van der Waals surface area (Å²) in [5.41, 5.74) is 7.22. The van der Waals surface area contributed by atoms with Gasteiger partial charge in [0.05, 0.1) is 10.0 Å². The summed E-state index contributed by atoms with van der Waals surface area (Å²) in [5.74, 6) is 0.0912. The highest BCUT2D eigenvalue weighted by Crippen LogP contribution is 2.37. The van der Waals surface area contributed by atoms with E-state index in [2.05, 4.69) is 0 Å². The Balaban J connectivity index is 2.35. The molecule has 0 saturated carbocycles. The summed E-state index contributed by atoms with van der Waals surface area (Å²) in [7, 11) is 0. The predicted molar refractivity (Wildman–Crippen MR) is 65.7 cm³/mol. The van der Waals surface area contributed by atoms with E-state index < -0.39 is 0 Å². The lowest BCUT2D eigenvalue weighted by Gasteiger charge is -2.21. The number of carbonyl (C=O) groups excluding carboxylic acids is 1. The van der Waals surface area contributed by atoms with Crippen molar-refractivity contribution in [2.24, 2.45) is 5.73 Å². The summed E-state index contributed by atoms with van der Waals surface area (Å²) in [6, 6.07) is 5.46. The fraction of sp³-hybridized carbons (Fsp3) is 0.250. The van der Waals surface area contributed by atoms with Crippen LogP contribution in [-0.2, 0) is 4.79 Å². The number of hydrogen-bond donors (Lipinski definition) is 1. The van der Waals surface area contributed by atoms with E-state index in [0.717, 1.165) is 5.56 Å². The maximum atomic E-state index is 11.4. The van der Waals surface area contributed by atoms with Crippen LogP contribution < -0.4 is 5.73 Å². The minimum atomic E-state index is 0.0451. The second-order valence-corrected chi connectivity index (χ2v) is 4.72. The van der Waals surface area contributed by atoms with Gasteiger partial charge in [-0.1, -0.05) is 35.3 Å². The van der Waals surface area contributed by atoms with Crippen molar-refractivity contribution in [1.82, 2.24) is 0 Å². The van der Waals surface area contributed by atoms with Crippen molar-refractivity contribution in [3.63, 3.8) is 0 Å². The minimum absolute atomic E-state index is 0.0451. The topological polar surface area (TPSA) is 43.1 Å². The van der Waals surface area contributed by atoms with Gasteiger partial charge in [0.25, 0.3) is 0 Å². The number of allylic oxidation sites excluding steroid dienone is 2. The lowest BCUT2D eigenvalue weighted by Crippen LogP contribution is -2.16. The maximum absolute atomic E-state index is 11.4. The van der Waals surface area contributed by atoms with Crippen LogP contribution in [0.4, 0.5) is 0 Å². The highest BCUT2D eigenvalue weighted by atomic mass is 35.5. The summed E-state index contributed by atoms with van der Waals surface area (Å²) >= 11 is 12.1. The standard InChI is InChI=1S/C12H11Cl2NO/c13-11-3-1-2-10(12(11)14)7-4-8(15)6-9(16)5-7/h1-3,6-7H,4-5,15H2. The summed E-state index contributed by atoms with van der Waals surface area (Å²) < 4.78 is 0. The van der Waals surface area contributed by atoms with Crippen LogP contribution in [0.15, 0.2) is 30.0 Å². The average molecular weight is 256 g/mol. The first-order valence-corrected chi connectivity index (χ1v) is 5.76. The van der Waals surface area contributed by atoms with Gasteiger partial charge in [0.1, 0.15) is 0 Å². The van der Waals surface area contributed by atoms with Crippen LogP contribution in [0.25, 0.3) is 0 Å². The van der Waals surface area contributed by atoms with E-state index in [0.29, 0.717) is 28.6 Å². The van der Waals surface area contributed by atoms with Crippen LogP contribution >= 0.6 is 23.2 Å². The summed E-state index contributed by atoms with van der Waals surface area (Å²) in [5, 5.41) is 1.04. The third-order valence-electron chi connectivity index (χ3n) is 2.70. The zero-order valence-electron chi connectivity index (χ0n) is 8.54. The average Bonchev–Trinajstić information content (AvgIpc) is 2.20. The molecule has 2 nitrogen and oxygen atoms in total. The fourth-order valence-electron chi connectivity index (χ4n) is 1.98. The fourth-order valence-corrected chi connectivity index (χ4v) is 2.44. The van der Waals surface area contributed by atoms with Gasteiger partial charge in [0, 0.05) is 12.1 Å². The molecule has 0 spiro atoms. The molecule has 1 unspecified atom stereocenters. The first-order chi connectivity index (χ1) is 7.58. The number of rotatable bonds is 1. The molecule has 1 aromatic carbocycles. The molecule has 0 radical (unpaired) electrons. The zero-order chi connectivity index (χ0) is 11.7. The predicted octanol–water partition coefficient (Wildman–Crippen LogP) is 3.28. The first kappa shape index (κ1) is 11.5. The van der Waals surface area contributed by atoms with Gasteiger partial charge in [-0.15, -0.1) is 0 Å². The lowest BCUT2D eigenvalue weighted by molar-refractivity contribution is -0.115. The largest absolute Gasteiger partial charge is 0.402 e. The van der Waals surface area contributed by atoms with Gasteiger partial charge in [-0.3, -0.25) is 4.79 Å². The van der Waals surface area contributed by atoms with Crippen molar-refractivity contribution in [2.75, 3.05) is 0 Å². The van der Waals surface area contributed by atoms with Gasteiger partial charge in [-0.25, -0.2) is 0 Å². The molecule has 84 valence electrons. The van der Waals surface area contributed by atoms with Crippen LogP contribution in [0.3, 0.4) is 0 Å². The monoisotopic (exact) mass is 255 g/mol. The van der Waals surface area contributed by atoms with Crippen molar-refractivity contribution in [2.45, 2.75) is 18.8 Å². The maximum Gasteiger partial charge on any atom is 0.158 e. The molecular formula is C12H11Cl2NO. The molecule has 2 N–H and O–H groups in total. The van der Waals surface area contributed by atoms with E-state index in [-0.39, 0.29) is 11.7 Å². The second-order valence-electron chi connectivity index (χ2n) is 3.93. The van der Waals surface area contributed by atoms with Gasteiger partial charge < -0.3 is 5.73 Å². The molecule has 0 bridgehead atoms. The van der Waals surface area contributed by atoms with Crippen molar-refractivity contribution >= 4 is 29.0 Å². The van der Waals surface area contributed by atoms with Crippen molar-refractivity contribution in [1.29, 1.82) is 0 Å². The quantitative estimate of drug-likeness (QED) is 0.837. The van der Waals surface area contributed by atoms with E-state index in [9.17, 15) is 4.79 Å². The Hall–Kier alpha value is -0.990. The number of nitrogens with two attached hydrogens (primary N) is 1. The first-order valence-electron chi connectivity index (χ1n) is 5.00. The zero-order valence-corrected chi connectivity index (χ0v) is 10.1. The number of benzene rings is 1. The van der Waals surface area contributed by atoms with E-state index in [1.165, 1.54) is 6.08 Å².